The highest BCUT2D eigenvalue weighted by molar-refractivity contribution is 6.00. The van der Waals surface area contributed by atoms with E-state index in [0.29, 0.717) is 46.5 Å². The molecule has 2 N–H and O–H groups in total. The molecule has 0 radical (unpaired) electrons. The maximum Gasteiger partial charge on any atom is 0.254 e. The number of nitrogens with zero attached hydrogens (tertiary/aromatic N) is 5. The fourth-order valence-corrected chi connectivity index (χ4v) is 7.31. The van der Waals surface area contributed by atoms with Crippen molar-refractivity contribution in [2.24, 2.45) is 24.6 Å². The average molecular weight is 595 g/mol. The van der Waals surface area contributed by atoms with Gasteiger partial charge in [-0.2, -0.15) is 0 Å². The number of hydrogen-bond acceptors (Lipinski definition) is 6. The number of aromatic nitrogens is 4. The van der Waals surface area contributed by atoms with Crippen molar-refractivity contribution in [3.63, 3.8) is 0 Å². The fraction of sp³-hybridized carbons (Fsp3) is 0.382. The molecule has 226 valence electrons. The van der Waals surface area contributed by atoms with E-state index >= 15 is 0 Å². The molecule has 10 heteroatoms. The first-order chi connectivity index (χ1) is 21.3. The predicted molar refractivity (Wildman–Crippen MR) is 166 cm³/mol. The number of likely N-dealkylation sites (tertiary alicyclic amines) is 1. The van der Waals surface area contributed by atoms with Gasteiger partial charge in [-0.05, 0) is 86.1 Å². The number of benzene rings is 2. The number of piperidine rings is 1. The molecule has 0 spiro atoms. The first-order valence-corrected chi connectivity index (χ1v) is 15.3. The topological polar surface area (TPSA) is 100 Å². The average Bonchev–Trinajstić information content (AvgIpc) is 3.44. The normalized spacial score (nSPS) is 21.1. The van der Waals surface area contributed by atoms with Gasteiger partial charge < -0.3 is 29.2 Å². The van der Waals surface area contributed by atoms with Crippen molar-refractivity contribution < 1.29 is 18.7 Å². The minimum absolute atomic E-state index is 0.0189. The number of hydrogen-bond donors (Lipinski definition) is 1. The lowest BCUT2D eigenvalue weighted by atomic mass is 10.1. The summed E-state index contributed by atoms with van der Waals surface area (Å²) in [6.07, 6.45) is 4.39. The summed E-state index contributed by atoms with van der Waals surface area (Å²) in [5.41, 5.74) is 11.6. The molecule has 3 aromatic heterocycles. The van der Waals surface area contributed by atoms with Gasteiger partial charge in [0.2, 0.25) is 0 Å². The Hall–Kier alpha value is -4.44. The zero-order valence-electron chi connectivity index (χ0n) is 25.1. The number of pyridine rings is 1. The van der Waals surface area contributed by atoms with Crippen molar-refractivity contribution in [3.05, 3.63) is 59.9 Å². The van der Waals surface area contributed by atoms with Crippen molar-refractivity contribution in [2.75, 3.05) is 20.8 Å². The second-order valence-electron chi connectivity index (χ2n) is 12.5. The minimum Gasteiger partial charge on any atom is -0.494 e. The largest absolute Gasteiger partial charge is 0.494 e. The van der Waals surface area contributed by atoms with Crippen LogP contribution < -0.4 is 15.2 Å². The minimum atomic E-state index is -0.424. The van der Waals surface area contributed by atoms with Gasteiger partial charge in [0, 0.05) is 48.7 Å². The van der Waals surface area contributed by atoms with Crippen molar-refractivity contribution in [1.29, 1.82) is 0 Å². The molecule has 1 amide bonds. The molecule has 1 saturated heterocycles. The van der Waals surface area contributed by atoms with Crippen LogP contribution in [-0.2, 0) is 13.6 Å². The molecule has 44 heavy (non-hydrogen) atoms. The van der Waals surface area contributed by atoms with E-state index in [-0.39, 0.29) is 23.7 Å². The summed E-state index contributed by atoms with van der Waals surface area (Å²) in [5, 5.41) is 0.980. The molecular formula is C34H35FN6O3. The Morgan fingerprint density at radius 1 is 1.00 bits per heavy atom. The lowest BCUT2D eigenvalue weighted by Gasteiger charge is -2.27. The van der Waals surface area contributed by atoms with Gasteiger partial charge in [-0.25, -0.2) is 14.4 Å². The Kier molecular flexibility index (Phi) is 6.20. The Bertz CT molecular complexity index is 1960. The number of amides is 1. The van der Waals surface area contributed by atoms with Gasteiger partial charge in [-0.15, -0.1) is 0 Å². The first-order valence-electron chi connectivity index (χ1n) is 15.3. The van der Waals surface area contributed by atoms with Gasteiger partial charge in [-0.3, -0.25) is 4.79 Å². The molecule has 2 aromatic carbocycles. The summed E-state index contributed by atoms with van der Waals surface area (Å²) in [5.74, 6) is 2.08. The predicted octanol–water partition coefficient (Wildman–Crippen LogP) is 5.39. The van der Waals surface area contributed by atoms with Gasteiger partial charge in [0.25, 0.3) is 5.91 Å². The van der Waals surface area contributed by atoms with Gasteiger partial charge in [0.05, 0.1) is 31.1 Å². The van der Waals surface area contributed by atoms with E-state index in [1.165, 1.54) is 26.0 Å². The quantitative estimate of drug-likeness (QED) is 0.272. The fourth-order valence-electron chi connectivity index (χ4n) is 7.31. The maximum absolute atomic E-state index is 14.6. The molecule has 2 saturated carbocycles. The summed E-state index contributed by atoms with van der Waals surface area (Å²) in [6, 6.07) is 14.8. The number of halogens is 1. The SMILES string of the molecule is COc1ccc(-c2ccc3cc(-c4nc5cc(C(=O)N6C[C@H]7CC[C@@H]6[C@@H]7N)cc(OC)c5n4C)n(CC4CC4)c3n2)cc1F. The van der Waals surface area contributed by atoms with E-state index in [4.69, 9.17) is 25.2 Å². The van der Waals surface area contributed by atoms with E-state index in [2.05, 4.69) is 10.6 Å². The van der Waals surface area contributed by atoms with E-state index in [1.807, 2.05) is 46.8 Å². The number of ether oxygens (including phenoxy) is 2. The second kappa shape index (κ2) is 10.1. The third-order valence-corrected chi connectivity index (χ3v) is 9.87. The lowest BCUT2D eigenvalue weighted by molar-refractivity contribution is 0.0700. The van der Waals surface area contributed by atoms with Gasteiger partial charge in [0.15, 0.2) is 17.4 Å². The summed E-state index contributed by atoms with van der Waals surface area (Å²) in [4.78, 5) is 25.8. The highest BCUT2D eigenvalue weighted by atomic mass is 19.1. The number of rotatable bonds is 7. The molecule has 3 atom stereocenters. The monoisotopic (exact) mass is 594 g/mol. The van der Waals surface area contributed by atoms with Gasteiger partial charge in [-0.1, -0.05) is 0 Å². The summed E-state index contributed by atoms with van der Waals surface area (Å²) in [7, 11) is 5.06. The summed E-state index contributed by atoms with van der Waals surface area (Å²) < 4.78 is 29.8. The van der Waals surface area contributed by atoms with E-state index in [1.54, 1.807) is 13.2 Å². The number of carbonyl (C=O) groups is 1. The van der Waals surface area contributed by atoms with Crippen LogP contribution in [-0.4, -0.2) is 62.8 Å². The van der Waals surface area contributed by atoms with Crippen molar-refractivity contribution in [2.45, 2.75) is 44.3 Å². The van der Waals surface area contributed by atoms with E-state index < -0.39 is 5.82 Å². The van der Waals surface area contributed by atoms with Crippen LogP contribution in [0.3, 0.4) is 0 Å². The zero-order valence-corrected chi connectivity index (χ0v) is 25.1. The molecule has 9 nitrogen and oxygen atoms in total. The summed E-state index contributed by atoms with van der Waals surface area (Å²) in [6.45, 7) is 1.52. The van der Waals surface area contributed by atoms with Crippen LogP contribution in [0.15, 0.2) is 48.5 Å². The van der Waals surface area contributed by atoms with E-state index in [9.17, 15) is 9.18 Å². The highest BCUT2D eigenvalue weighted by Crippen LogP contribution is 2.40. The molecular weight excluding hydrogens is 559 g/mol. The van der Waals surface area contributed by atoms with Crippen LogP contribution in [0.4, 0.5) is 4.39 Å². The van der Waals surface area contributed by atoms with Crippen LogP contribution in [0.1, 0.15) is 36.0 Å². The molecule has 0 unspecified atom stereocenters. The lowest BCUT2D eigenvalue weighted by Crippen LogP contribution is -2.41. The molecule has 2 aliphatic carbocycles. The standard InChI is InChI=1S/C34H35FN6O3/c1-39-31-25(13-22(15-29(31)44-3)34(42)41-17-21-7-10-26(41)30(21)36)38-33(39)27-14-20-6-9-24(19-8-11-28(43-2)23(35)12-19)37-32(20)40(27)16-18-4-5-18/h6,8-9,11-15,18,21,26,30H,4-5,7,10,16-17,36H2,1-3H3/t21-,26-,30-/m1/s1. The molecule has 4 heterocycles. The Morgan fingerprint density at radius 3 is 2.50 bits per heavy atom. The van der Waals surface area contributed by atoms with Gasteiger partial charge in [0.1, 0.15) is 16.9 Å². The number of methoxy groups -OCH3 is 2. The number of aryl methyl sites for hydroxylation is 1. The number of fused-ring (bicyclic) bond motifs is 4. The number of imidazole rings is 1. The second-order valence-corrected chi connectivity index (χ2v) is 12.5. The Balaban J connectivity index is 1.23. The molecule has 5 aromatic rings. The Morgan fingerprint density at radius 2 is 1.82 bits per heavy atom. The number of nitrogens with two attached hydrogens (primary N) is 1. The number of carbonyl (C=O) groups excluding carboxylic acids is 1. The van der Waals surface area contributed by atoms with Crippen LogP contribution in [0.5, 0.6) is 11.5 Å². The molecule has 2 bridgehead atoms. The van der Waals surface area contributed by atoms with Crippen LogP contribution in [0.25, 0.3) is 44.8 Å². The molecule has 1 aliphatic heterocycles. The van der Waals surface area contributed by atoms with Crippen LogP contribution in [0, 0.1) is 17.7 Å². The van der Waals surface area contributed by atoms with Gasteiger partial charge >= 0.3 is 0 Å². The summed E-state index contributed by atoms with van der Waals surface area (Å²) >= 11 is 0. The molecule has 3 aliphatic rings. The third-order valence-electron chi connectivity index (χ3n) is 9.87. The van der Waals surface area contributed by atoms with Crippen LogP contribution in [0.2, 0.25) is 0 Å². The third kappa shape index (κ3) is 4.18. The molecule has 3 fully saturated rings. The smallest absolute Gasteiger partial charge is 0.254 e. The maximum atomic E-state index is 14.6. The van der Waals surface area contributed by atoms with E-state index in [0.717, 1.165) is 47.5 Å². The van der Waals surface area contributed by atoms with Crippen LogP contribution >= 0.6 is 0 Å². The Labute approximate surface area is 254 Å². The first kappa shape index (κ1) is 27.1. The zero-order chi connectivity index (χ0) is 30.3. The van der Waals surface area contributed by atoms with Crippen molar-refractivity contribution >= 4 is 28.0 Å². The highest BCUT2D eigenvalue weighted by Gasteiger charge is 2.47. The van der Waals surface area contributed by atoms with Crippen molar-refractivity contribution in [1.82, 2.24) is 24.0 Å². The molecule has 8 rings (SSSR count). The van der Waals surface area contributed by atoms with Crippen molar-refractivity contribution in [3.8, 4) is 34.3 Å².